The first-order chi connectivity index (χ1) is 16.0. The van der Waals surface area contributed by atoms with Crippen LogP contribution in [0.4, 0.5) is 5.69 Å². The summed E-state index contributed by atoms with van der Waals surface area (Å²) in [6.07, 6.45) is 3.65. The Hall–Kier alpha value is -3.97. The SMILES string of the molecule is Cc1nn(C)c2nc(-c3ccc(Cl)cc3)cc(C(=O)Nc3cccc(Cn4cccn4)c3)c12. The monoisotopic (exact) mass is 456 g/mol. The Morgan fingerprint density at radius 2 is 1.91 bits per heavy atom. The molecular formula is C25H21ClN6O. The predicted molar refractivity (Wildman–Crippen MR) is 129 cm³/mol. The molecule has 1 amide bonds. The van der Waals surface area contributed by atoms with Crippen LogP contribution in [-0.2, 0) is 13.6 Å². The van der Waals surface area contributed by atoms with Gasteiger partial charge in [0, 0.05) is 35.7 Å². The van der Waals surface area contributed by atoms with Gasteiger partial charge < -0.3 is 5.32 Å². The Morgan fingerprint density at radius 1 is 1.09 bits per heavy atom. The lowest BCUT2D eigenvalue weighted by molar-refractivity contribution is 0.102. The second kappa shape index (κ2) is 8.52. The fourth-order valence-corrected chi connectivity index (χ4v) is 4.05. The summed E-state index contributed by atoms with van der Waals surface area (Å²) in [6.45, 7) is 2.51. The van der Waals surface area contributed by atoms with Gasteiger partial charge in [0.05, 0.1) is 28.9 Å². The van der Waals surface area contributed by atoms with E-state index >= 15 is 0 Å². The molecule has 7 nitrogen and oxygen atoms in total. The number of aryl methyl sites for hydroxylation is 2. The van der Waals surface area contributed by atoms with E-state index in [9.17, 15) is 4.79 Å². The lowest BCUT2D eigenvalue weighted by Gasteiger charge is -2.11. The van der Waals surface area contributed by atoms with Gasteiger partial charge in [0.2, 0.25) is 0 Å². The first-order valence-electron chi connectivity index (χ1n) is 10.5. The Bertz CT molecular complexity index is 1450. The van der Waals surface area contributed by atoms with Crippen LogP contribution in [-0.4, -0.2) is 30.5 Å². The van der Waals surface area contributed by atoms with Gasteiger partial charge in [-0.1, -0.05) is 35.9 Å². The molecule has 3 aromatic heterocycles. The van der Waals surface area contributed by atoms with Crippen LogP contribution in [0.3, 0.4) is 0 Å². The predicted octanol–water partition coefficient (Wildman–Crippen LogP) is 5.09. The number of nitrogens with one attached hydrogen (secondary N) is 1. The first kappa shape index (κ1) is 20.9. The van der Waals surface area contributed by atoms with E-state index in [1.165, 1.54) is 0 Å². The summed E-state index contributed by atoms with van der Waals surface area (Å²) >= 11 is 6.05. The number of hydrogen-bond acceptors (Lipinski definition) is 4. The highest BCUT2D eigenvalue weighted by Gasteiger charge is 2.19. The second-order valence-corrected chi connectivity index (χ2v) is 8.26. The van der Waals surface area contributed by atoms with Crippen molar-refractivity contribution in [3.05, 3.63) is 94.9 Å². The van der Waals surface area contributed by atoms with Crippen LogP contribution in [0.1, 0.15) is 21.6 Å². The number of hydrogen-bond donors (Lipinski definition) is 1. The molecule has 0 saturated heterocycles. The number of benzene rings is 2. The highest BCUT2D eigenvalue weighted by molar-refractivity contribution is 6.30. The Balaban J connectivity index is 1.52. The molecular weight excluding hydrogens is 436 g/mol. The maximum Gasteiger partial charge on any atom is 0.256 e. The van der Waals surface area contributed by atoms with Crippen molar-refractivity contribution >= 4 is 34.2 Å². The lowest BCUT2D eigenvalue weighted by Crippen LogP contribution is -2.13. The third-order valence-corrected chi connectivity index (χ3v) is 5.69. The zero-order valence-electron chi connectivity index (χ0n) is 18.2. The molecule has 0 aliphatic heterocycles. The molecule has 5 aromatic rings. The summed E-state index contributed by atoms with van der Waals surface area (Å²) in [5.41, 5.74) is 5.22. The minimum absolute atomic E-state index is 0.218. The van der Waals surface area contributed by atoms with Gasteiger partial charge in [-0.2, -0.15) is 10.2 Å². The van der Waals surface area contributed by atoms with Crippen molar-refractivity contribution in [1.82, 2.24) is 24.5 Å². The molecule has 2 aromatic carbocycles. The van der Waals surface area contributed by atoms with Gasteiger partial charge in [-0.3, -0.25) is 14.2 Å². The second-order valence-electron chi connectivity index (χ2n) is 7.83. The molecule has 0 radical (unpaired) electrons. The number of nitrogens with zero attached hydrogens (tertiary/aromatic N) is 5. The minimum Gasteiger partial charge on any atom is -0.322 e. The molecule has 1 N–H and O–H groups in total. The third-order valence-electron chi connectivity index (χ3n) is 5.44. The van der Waals surface area contributed by atoms with Gasteiger partial charge in [-0.05, 0) is 48.9 Å². The average Bonchev–Trinajstić information content (AvgIpc) is 3.41. The highest BCUT2D eigenvalue weighted by atomic mass is 35.5. The molecule has 3 heterocycles. The van der Waals surface area contributed by atoms with Crippen molar-refractivity contribution in [2.24, 2.45) is 7.05 Å². The molecule has 0 saturated carbocycles. The fourth-order valence-electron chi connectivity index (χ4n) is 3.92. The van der Waals surface area contributed by atoms with E-state index in [4.69, 9.17) is 16.6 Å². The number of fused-ring (bicyclic) bond motifs is 1. The molecule has 0 unspecified atom stereocenters. The van der Waals surface area contributed by atoms with Crippen molar-refractivity contribution in [1.29, 1.82) is 0 Å². The van der Waals surface area contributed by atoms with E-state index in [-0.39, 0.29) is 5.91 Å². The Morgan fingerprint density at radius 3 is 2.67 bits per heavy atom. The smallest absolute Gasteiger partial charge is 0.256 e. The lowest BCUT2D eigenvalue weighted by atomic mass is 10.0. The zero-order valence-corrected chi connectivity index (χ0v) is 18.9. The van der Waals surface area contributed by atoms with E-state index in [0.717, 1.165) is 22.2 Å². The standard InChI is InChI=1S/C25H21ClN6O/c1-16-23-21(14-22(29-24(23)31(2)30-16)18-7-9-19(26)10-8-18)25(33)28-20-6-3-5-17(13-20)15-32-12-4-11-27-32/h3-14H,15H2,1-2H3,(H,28,33). The van der Waals surface area contributed by atoms with Gasteiger partial charge in [0.1, 0.15) is 0 Å². The number of halogens is 1. The molecule has 33 heavy (non-hydrogen) atoms. The maximum atomic E-state index is 13.4. The molecule has 0 spiro atoms. The molecule has 164 valence electrons. The van der Waals surface area contributed by atoms with Crippen LogP contribution in [0.15, 0.2) is 73.1 Å². The number of carbonyl (C=O) groups is 1. The summed E-state index contributed by atoms with van der Waals surface area (Å²) in [7, 11) is 1.83. The maximum absolute atomic E-state index is 13.4. The summed E-state index contributed by atoms with van der Waals surface area (Å²) in [4.78, 5) is 18.2. The van der Waals surface area contributed by atoms with Crippen molar-refractivity contribution < 1.29 is 4.79 Å². The minimum atomic E-state index is -0.218. The Labute approximate surface area is 195 Å². The number of anilines is 1. The molecule has 0 atom stereocenters. The quantitative estimate of drug-likeness (QED) is 0.399. The average molecular weight is 457 g/mol. The van der Waals surface area contributed by atoms with E-state index < -0.39 is 0 Å². The van der Waals surface area contributed by atoms with E-state index in [2.05, 4.69) is 15.5 Å². The van der Waals surface area contributed by atoms with Gasteiger partial charge >= 0.3 is 0 Å². The van der Waals surface area contributed by atoms with Crippen molar-refractivity contribution in [3.63, 3.8) is 0 Å². The summed E-state index contributed by atoms with van der Waals surface area (Å²) in [5, 5.41) is 13.2. The first-order valence-corrected chi connectivity index (χ1v) is 10.8. The van der Waals surface area contributed by atoms with E-state index in [0.29, 0.717) is 34.2 Å². The topological polar surface area (TPSA) is 77.6 Å². The van der Waals surface area contributed by atoms with Crippen LogP contribution in [0.25, 0.3) is 22.3 Å². The van der Waals surface area contributed by atoms with Gasteiger partial charge in [0.25, 0.3) is 5.91 Å². The van der Waals surface area contributed by atoms with E-state index in [1.54, 1.807) is 10.9 Å². The van der Waals surface area contributed by atoms with Crippen molar-refractivity contribution in [3.8, 4) is 11.3 Å². The molecule has 0 aliphatic rings. The van der Waals surface area contributed by atoms with Gasteiger partial charge in [-0.25, -0.2) is 4.98 Å². The van der Waals surface area contributed by atoms with Crippen LogP contribution >= 0.6 is 11.6 Å². The van der Waals surface area contributed by atoms with Crippen LogP contribution in [0.5, 0.6) is 0 Å². The number of amides is 1. The number of aromatic nitrogens is 5. The normalized spacial score (nSPS) is 11.1. The van der Waals surface area contributed by atoms with Crippen LogP contribution < -0.4 is 5.32 Å². The van der Waals surface area contributed by atoms with E-state index in [1.807, 2.05) is 85.5 Å². The van der Waals surface area contributed by atoms with Crippen LogP contribution in [0, 0.1) is 6.92 Å². The number of rotatable bonds is 5. The largest absolute Gasteiger partial charge is 0.322 e. The zero-order chi connectivity index (χ0) is 22.9. The van der Waals surface area contributed by atoms with Crippen molar-refractivity contribution in [2.75, 3.05) is 5.32 Å². The molecule has 8 heteroatoms. The van der Waals surface area contributed by atoms with Gasteiger partial charge in [0.15, 0.2) is 5.65 Å². The highest BCUT2D eigenvalue weighted by Crippen LogP contribution is 2.28. The Kier molecular flexibility index (Phi) is 5.40. The van der Waals surface area contributed by atoms with Gasteiger partial charge in [-0.15, -0.1) is 0 Å². The summed E-state index contributed by atoms with van der Waals surface area (Å²) in [6, 6.07) is 18.8. The molecule has 0 bridgehead atoms. The number of pyridine rings is 1. The molecule has 5 rings (SSSR count). The summed E-state index contributed by atoms with van der Waals surface area (Å²) < 4.78 is 3.54. The summed E-state index contributed by atoms with van der Waals surface area (Å²) in [5.74, 6) is -0.218. The third kappa shape index (κ3) is 4.23. The fraction of sp³-hybridized carbons (Fsp3) is 0.120. The number of carbonyl (C=O) groups excluding carboxylic acids is 1. The van der Waals surface area contributed by atoms with Crippen LogP contribution in [0.2, 0.25) is 5.02 Å². The molecule has 0 aliphatic carbocycles. The molecule has 0 fully saturated rings. The van der Waals surface area contributed by atoms with Crippen molar-refractivity contribution in [2.45, 2.75) is 13.5 Å².